The quantitative estimate of drug-likeness (QED) is 0.862. The van der Waals surface area contributed by atoms with Gasteiger partial charge in [0.25, 0.3) is 0 Å². The summed E-state index contributed by atoms with van der Waals surface area (Å²) in [5, 5.41) is 5.88. The highest BCUT2D eigenvalue weighted by Gasteiger charge is 2.08. The number of benzene rings is 1. The highest BCUT2D eigenvalue weighted by Crippen LogP contribution is 2.08. The topological polar surface area (TPSA) is 59.0 Å². The molecule has 0 saturated heterocycles. The van der Waals surface area contributed by atoms with Gasteiger partial charge in [-0.15, -0.1) is 12.4 Å². The number of halogens is 1. The van der Waals surface area contributed by atoms with Gasteiger partial charge in [0.1, 0.15) is 0 Å². The molecule has 1 aromatic carbocycles. The molecule has 0 bridgehead atoms. The first kappa shape index (κ1) is 17.0. The maximum atomic E-state index is 11.9. The summed E-state index contributed by atoms with van der Waals surface area (Å²) < 4.78 is 1.95. The Balaban J connectivity index is 0.00000220. The fourth-order valence-electron chi connectivity index (χ4n) is 1.88. The van der Waals surface area contributed by atoms with E-state index in [-0.39, 0.29) is 24.9 Å². The molecular weight excluding hydrogens is 288 g/mol. The van der Waals surface area contributed by atoms with Crippen molar-refractivity contribution in [3.8, 4) is 0 Å². The number of nitrogens with one attached hydrogen (secondary N) is 2. The highest BCUT2D eigenvalue weighted by molar-refractivity contribution is 5.92. The lowest BCUT2D eigenvalue weighted by Crippen LogP contribution is -2.24. The Morgan fingerprint density at radius 1 is 1.29 bits per heavy atom. The molecule has 0 unspecified atom stereocenters. The summed E-state index contributed by atoms with van der Waals surface area (Å²) in [5.41, 5.74) is 0.924. The molecule has 1 aromatic heterocycles. The van der Waals surface area contributed by atoms with E-state index in [0.29, 0.717) is 11.9 Å². The molecule has 1 amide bonds. The van der Waals surface area contributed by atoms with Crippen LogP contribution in [0.15, 0.2) is 42.7 Å². The minimum Gasteiger partial charge on any atom is -0.376 e. The second kappa shape index (κ2) is 8.32. The van der Waals surface area contributed by atoms with Gasteiger partial charge in [-0.05, 0) is 18.1 Å². The third kappa shape index (κ3) is 5.47. The monoisotopic (exact) mass is 308 g/mol. The second-order valence-electron chi connectivity index (χ2n) is 5.06. The Labute approximate surface area is 131 Å². The molecule has 0 radical (unpaired) electrons. The third-order valence-electron chi connectivity index (χ3n) is 2.76. The van der Waals surface area contributed by atoms with Gasteiger partial charge in [0.15, 0.2) is 0 Å². The van der Waals surface area contributed by atoms with Crippen LogP contribution in [0.2, 0.25) is 0 Å². The number of carbonyl (C=O) groups is 1. The molecule has 2 aromatic rings. The summed E-state index contributed by atoms with van der Waals surface area (Å²) in [4.78, 5) is 16.1. The zero-order valence-electron chi connectivity index (χ0n) is 12.2. The average molecular weight is 309 g/mol. The smallest absolute Gasteiger partial charge is 0.245 e. The number of rotatable bonds is 6. The van der Waals surface area contributed by atoms with Gasteiger partial charge < -0.3 is 9.88 Å². The fourth-order valence-corrected chi connectivity index (χ4v) is 1.88. The van der Waals surface area contributed by atoms with Crippen LogP contribution in [0.4, 0.5) is 11.6 Å². The van der Waals surface area contributed by atoms with Gasteiger partial charge in [-0.25, -0.2) is 4.98 Å². The van der Waals surface area contributed by atoms with Crippen LogP contribution in [0.1, 0.15) is 13.8 Å². The minimum absolute atomic E-state index is 0. The number of hydrogen-bond acceptors (Lipinski definition) is 3. The summed E-state index contributed by atoms with van der Waals surface area (Å²) in [6, 6.07) is 9.64. The van der Waals surface area contributed by atoms with Crippen molar-refractivity contribution in [1.29, 1.82) is 0 Å². The molecular formula is C15H21ClN4O. The van der Waals surface area contributed by atoms with Crippen molar-refractivity contribution in [2.45, 2.75) is 20.4 Å². The zero-order valence-corrected chi connectivity index (χ0v) is 13.1. The van der Waals surface area contributed by atoms with Crippen LogP contribution in [0.5, 0.6) is 0 Å². The minimum atomic E-state index is -0.106. The maximum absolute atomic E-state index is 11.9. The Hall–Kier alpha value is -2.01. The largest absolute Gasteiger partial charge is 0.376 e. The van der Waals surface area contributed by atoms with E-state index in [1.54, 1.807) is 6.20 Å². The van der Waals surface area contributed by atoms with Gasteiger partial charge in [-0.2, -0.15) is 0 Å². The van der Waals surface area contributed by atoms with Crippen LogP contribution < -0.4 is 10.6 Å². The van der Waals surface area contributed by atoms with Gasteiger partial charge in [0.05, 0.1) is 6.54 Å². The number of nitrogens with zero attached hydrogens (tertiary/aromatic N) is 2. The molecule has 0 atom stereocenters. The molecule has 0 aliphatic carbocycles. The summed E-state index contributed by atoms with van der Waals surface area (Å²) in [6.45, 7) is 5.31. The first-order valence-corrected chi connectivity index (χ1v) is 6.75. The van der Waals surface area contributed by atoms with E-state index in [1.165, 1.54) is 0 Å². The predicted molar refractivity (Wildman–Crippen MR) is 87.9 cm³/mol. The number of hydrogen-bond donors (Lipinski definition) is 2. The van der Waals surface area contributed by atoms with E-state index < -0.39 is 0 Å². The standard InChI is InChI=1S/C15H20N4O.ClH/c1-12(2)11-19-9-8-16-15(19)18-14(20)10-17-13-6-4-3-5-7-13;/h3-9,12,17H,10-11H2,1-2H3,(H,16,18,20);1H. The molecule has 0 aliphatic rings. The first-order valence-electron chi connectivity index (χ1n) is 6.75. The van der Waals surface area contributed by atoms with Crippen molar-refractivity contribution in [2.24, 2.45) is 5.92 Å². The van der Waals surface area contributed by atoms with E-state index >= 15 is 0 Å². The fraction of sp³-hybridized carbons (Fsp3) is 0.333. The second-order valence-corrected chi connectivity index (χ2v) is 5.06. The molecule has 0 fully saturated rings. The lowest BCUT2D eigenvalue weighted by Gasteiger charge is -2.11. The molecule has 0 saturated carbocycles. The first-order chi connectivity index (χ1) is 9.65. The van der Waals surface area contributed by atoms with Gasteiger partial charge in [-0.3, -0.25) is 10.1 Å². The van der Waals surface area contributed by atoms with Crippen molar-refractivity contribution in [3.05, 3.63) is 42.7 Å². The van der Waals surface area contributed by atoms with Crippen molar-refractivity contribution >= 4 is 29.9 Å². The van der Waals surface area contributed by atoms with Crippen molar-refractivity contribution in [3.63, 3.8) is 0 Å². The molecule has 2 N–H and O–H groups in total. The number of para-hydroxylation sites is 1. The van der Waals surface area contributed by atoms with Crippen molar-refractivity contribution in [2.75, 3.05) is 17.2 Å². The summed E-state index contributed by atoms with van der Waals surface area (Å²) in [5.74, 6) is 0.992. The van der Waals surface area contributed by atoms with Crippen molar-refractivity contribution < 1.29 is 4.79 Å². The molecule has 1 heterocycles. The SMILES string of the molecule is CC(C)Cn1ccnc1NC(=O)CNc1ccccc1.Cl. The summed E-state index contributed by atoms with van der Waals surface area (Å²) in [6.07, 6.45) is 3.57. The number of carbonyl (C=O) groups excluding carboxylic acids is 1. The summed E-state index contributed by atoms with van der Waals surface area (Å²) in [7, 11) is 0. The van der Waals surface area contributed by atoms with E-state index in [2.05, 4.69) is 29.5 Å². The molecule has 6 heteroatoms. The van der Waals surface area contributed by atoms with Gasteiger partial charge >= 0.3 is 0 Å². The van der Waals surface area contributed by atoms with E-state index in [1.807, 2.05) is 41.1 Å². The zero-order chi connectivity index (χ0) is 14.4. The number of imidazole rings is 1. The molecule has 21 heavy (non-hydrogen) atoms. The Morgan fingerprint density at radius 3 is 2.67 bits per heavy atom. The van der Waals surface area contributed by atoms with Crippen LogP contribution >= 0.6 is 12.4 Å². The Morgan fingerprint density at radius 2 is 2.00 bits per heavy atom. The van der Waals surface area contributed by atoms with Crippen LogP contribution in [-0.4, -0.2) is 22.0 Å². The summed E-state index contributed by atoms with van der Waals surface area (Å²) >= 11 is 0. The van der Waals surface area contributed by atoms with Gasteiger partial charge in [-0.1, -0.05) is 32.0 Å². The third-order valence-corrected chi connectivity index (χ3v) is 2.76. The van der Waals surface area contributed by atoms with E-state index in [4.69, 9.17) is 0 Å². The van der Waals surface area contributed by atoms with Crippen LogP contribution in [0.3, 0.4) is 0 Å². The predicted octanol–water partition coefficient (Wildman–Crippen LogP) is 3.01. The maximum Gasteiger partial charge on any atom is 0.245 e. The molecule has 0 aliphatic heterocycles. The Bertz CT molecular complexity index is 554. The number of amides is 1. The molecule has 5 nitrogen and oxygen atoms in total. The number of anilines is 2. The van der Waals surface area contributed by atoms with Gasteiger partial charge in [0.2, 0.25) is 11.9 Å². The van der Waals surface area contributed by atoms with E-state index in [0.717, 1.165) is 12.2 Å². The van der Waals surface area contributed by atoms with Crippen molar-refractivity contribution in [1.82, 2.24) is 9.55 Å². The number of aromatic nitrogens is 2. The van der Waals surface area contributed by atoms with E-state index in [9.17, 15) is 4.79 Å². The Kier molecular flexibility index (Phi) is 6.75. The molecule has 114 valence electrons. The van der Waals surface area contributed by atoms with Crippen LogP contribution in [0.25, 0.3) is 0 Å². The van der Waals surface area contributed by atoms with Gasteiger partial charge in [0, 0.05) is 24.6 Å². The van der Waals surface area contributed by atoms with Crippen LogP contribution in [-0.2, 0) is 11.3 Å². The normalized spacial score (nSPS) is 10.0. The lowest BCUT2D eigenvalue weighted by molar-refractivity contribution is -0.114. The van der Waals surface area contributed by atoms with Crippen LogP contribution in [0, 0.1) is 5.92 Å². The molecule has 2 rings (SSSR count). The lowest BCUT2D eigenvalue weighted by atomic mass is 10.2. The highest BCUT2D eigenvalue weighted by atomic mass is 35.5. The molecule has 0 spiro atoms. The average Bonchev–Trinajstić information content (AvgIpc) is 2.84.